The first-order valence-corrected chi connectivity index (χ1v) is 14.7. The highest BCUT2D eigenvalue weighted by Crippen LogP contribution is 2.48. The van der Waals surface area contributed by atoms with E-state index in [2.05, 4.69) is 13.8 Å². The van der Waals surface area contributed by atoms with Gasteiger partial charge in [-0.25, -0.2) is 5.06 Å². The third-order valence-corrected chi connectivity index (χ3v) is 7.29. The van der Waals surface area contributed by atoms with Crippen LogP contribution in [0.1, 0.15) is 91.2 Å². The summed E-state index contributed by atoms with van der Waals surface area (Å²) in [5, 5.41) is 1.19. The average molecular weight is 558 g/mol. The van der Waals surface area contributed by atoms with Gasteiger partial charge in [0.15, 0.2) is 0 Å². The van der Waals surface area contributed by atoms with Crippen molar-refractivity contribution in [1.82, 2.24) is 5.06 Å². The molecule has 1 atom stereocenters. The molecule has 0 aliphatic carbocycles. The minimum Gasteiger partial charge on any atom is -0.438 e. The third kappa shape index (κ3) is 13.5. The topological polar surface area (TPSA) is 118 Å². The maximum absolute atomic E-state index is 13.3. The van der Waals surface area contributed by atoms with Crippen molar-refractivity contribution in [3.63, 3.8) is 0 Å². The summed E-state index contributed by atoms with van der Waals surface area (Å²) in [6.45, 7) is 11.7. The fourth-order valence-corrected chi connectivity index (χ4v) is 4.27. The summed E-state index contributed by atoms with van der Waals surface area (Å²) in [4.78, 5) is 41.5. The Hall–Kier alpha value is -2.26. The molecule has 1 rings (SSSR count). The molecule has 1 unspecified atom stereocenters. The van der Waals surface area contributed by atoms with Crippen LogP contribution in [0.4, 0.5) is 0 Å². The van der Waals surface area contributed by atoms with Gasteiger partial charge in [-0.2, -0.15) is 0 Å². The van der Waals surface area contributed by atoms with Gasteiger partial charge in [0.05, 0.1) is 11.6 Å². The molecular formula is C27H44NO9P. The van der Waals surface area contributed by atoms with Gasteiger partial charge in [-0.15, -0.1) is 0 Å². The van der Waals surface area contributed by atoms with Crippen molar-refractivity contribution < 1.29 is 42.3 Å². The van der Waals surface area contributed by atoms with E-state index in [0.717, 1.165) is 12.0 Å². The van der Waals surface area contributed by atoms with Gasteiger partial charge in [0.2, 0.25) is 19.5 Å². The summed E-state index contributed by atoms with van der Waals surface area (Å²) < 4.78 is 33.9. The lowest BCUT2D eigenvalue weighted by Crippen LogP contribution is -2.30. The number of ether oxygens (including phenoxy) is 2. The molecule has 0 saturated heterocycles. The van der Waals surface area contributed by atoms with Crippen LogP contribution in [0.5, 0.6) is 0 Å². The molecule has 0 bridgehead atoms. The van der Waals surface area contributed by atoms with Gasteiger partial charge in [-0.1, -0.05) is 51.5 Å². The lowest BCUT2D eigenvalue weighted by molar-refractivity contribution is -0.189. The number of rotatable bonds is 17. The molecule has 10 nitrogen and oxygen atoms in total. The predicted octanol–water partition coefficient (Wildman–Crippen LogP) is 5.94. The summed E-state index contributed by atoms with van der Waals surface area (Å²) in [5.74, 6) is -0.914. The Morgan fingerprint density at radius 1 is 0.974 bits per heavy atom. The van der Waals surface area contributed by atoms with Crippen molar-refractivity contribution in [1.29, 1.82) is 0 Å². The smallest absolute Gasteiger partial charge is 0.336 e. The van der Waals surface area contributed by atoms with Gasteiger partial charge >= 0.3 is 19.5 Å². The number of esters is 2. The molecule has 0 radical (unpaired) electrons. The fraction of sp³-hybridized carbons (Fsp3) is 0.667. The molecule has 0 N–H and O–H groups in total. The van der Waals surface area contributed by atoms with Crippen LogP contribution in [-0.2, 0) is 48.9 Å². The predicted molar refractivity (Wildman–Crippen MR) is 143 cm³/mol. The summed E-state index contributed by atoms with van der Waals surface area (Å²) in [7, 11) is -3.84. The number of nitrogens with zero attached hydrogens (tertiary/aromatic N) is 1. The fourth-order valence-electron chi connectivity index (χ4n) is 2.98. The van der Waals surface area contributed by atoms with E-state index in [4.69, 9.17) is 23.4 Å². The van der Waals surface area contributed by atoms with E-state index in [9.17, 15) is 18.9 Å². The molecule has 0 aliphatic rings. The van der Waals surface area contributed by atoms with Gasteiger partial charge < -0.3 is 9.47 Å². The lowest BCUT2D eigenvalue weighted by atomic mass is 9.98. The number of carbonyl (C=O) groups excluding carboxylic acids is 3. The first-order valence-electron chi connectivity index (χ1n) is 13.0. The Morgan fingerprint density at radius 2 is 1.58 bits per heavy atom. The highest BCUT2D eigenvalue weighted by Gasteiger charge is 2.29. The molecule has 0 aromatic heterocycles. The zero-order chi connectivity index (χ0) is 28.8. The maximum atomic E-state index is 13.3. The van der Waals surface area contributed by atoms with Crippen molar-refractivity contribution in [2.45, 2.75) is 86.7 Å². The summed E-state index contributed by atoms with van der Waals surface area (Å²) >= 11 is 0. The van der Waals surface area contributed by atoms with Crippen molar-refractivity contribution >= 4 is 25.4 Å². The Labute approximate surface area is 226 Å². The van der Waals surface area contributed by atoms with Crippen LogP contribution < -0.4 is 0 Å². The molecule has 1 aromatic rings. The van der Waals surface area contributed by atoms with Crippen molar-refractivity contribution in [2.75, 3.05) is 26.3 Å². The molecular weight excluding hydrogens is 513 g/mol. The molecule has 0 heterocycles. The molecule has 38 heavy (non-hydrogen) atoms. The second-order valence-corrected chi connectivity index (χ2v) is 12.5. The Balaban J connectivity index is 2.70. The van der Waals surface area contributed by atoms with Gasteiger partial charge in [0.1, 0.15) is 6.61 Å². The number of hydrogen-bond acceptors (Lipinski definition) is 9. The van der Waals surface area contributed by atoms with E-state index in [-0.39, 0.29) is 38.1 Å². The van der Waals surface area contributed by atoms with Crippen molar-refractivity contribution in [2.24, 2.45) is 5.41 Å². The van der Waals surface area contributed by atoms with E-state index in [1.807, 2.05) is 31.2 Å². The highest BCUT2D eigenvalue weighted by molar-refractivity contribution is 7.53. The SMILES string of the molecule is CCCCC(=O)OCOP(=O)(CCCN(OCc1ccc(C(C)C)cc1)C(C)=O)OCOC(=O)C(C)(C)C. The van der Waals surface area contributed by atoms with E-state index < -0.39 is 38.5 Å². The van der Waals surface area contributed by atoms with E-state index in [1.54, 1.807) is 20.8 Å². The Bertz CT molecular complexity index is 925. The zero-order valence-corrected chi connectivity index (χ0v) is 24.7. The first-order chi connectivity index (χ1) is 17.8. The van der Waals surface area contributed by atoms with Gasteiger partial charge in [0, 0.05) is 19.9 Å². The minimum atomic E-state index is -3.84. The number of unbranched alkanes of at least 4 members (excludes halogenated alkanes) is 1. The summed E-state index contributed by atoms with van der Waals surface area (Å²) in [6, 6.07) is 7.94. The van der Waals surface area contributed by atoms with E-state index >= 15 is 0 Å². The molecule has 11 heteroatoms. The lowest BCUT2D eigenvalue weighted by Gasteiger charge is -2.23. The van der Waals surface area contributed by atoms with E-state index in [0.29, 0.717) is 12.3 Å². The van der Waals surface area contributed by atoms with Crippen LogP contribution in [0.2, 0.25) is 0 Å². The molecule has 0 spiro atoms. The van der Waals surface area contributed by atoms with Crippen LogP contribution in [0, 0.1) is 5.41 Å². The normalized spacial score (nSPS) is 13.2. The Morgan fingerprint density at radius 3 is 2.11 bits per heavy atom. The summed E-state index contributed by atoms with van der Waals surface area (Å²) in [6.07, 6.45) is 1.79. The number of benzene rings is 1. The average Bonchev–Trinajstić information content (AvgIpc) is 2.84. The number of hydroxylamine groups is 2. The molecule has 0 aliphatic heterocycles. The molecule has 216 valence electrons. The standard InChI is InChI=1S/C27H44NO9P/c1-8-9-11-25(30)33-19-36-38(32,37-20-34-26(31)27(5,6)7)17-10-16-28(22(4)29)35-18-23-12-14-24(15-13-23)21(2)3/h12-15,21H,8-11,16-20H2,1-7H3. The van der Waals surface area contributed by atoms with Crippen LogP contribution in [-0.4, -0.2) is 49.2 Å². The number of amides is 1. The van der Waals surface area contributed by atoms with Gasteiger partial charge in [0.25, 0.3) is 0 Å². The van der Waals surface area contributed by atoms with Crippen molar-refractivity contribution in [3.05, 3.63) is 35.4 Å². The quantitative estimate of drug-likeness (QED) is 0.0992. The molecule has 0 fully saturated rings. The second kappa shape index (κ2) is 16.6. The minimum absolute atomic E-state index is 0.119. The highest BCUT2D eigenvalue weighted by atomic mass is 31.2. The second-order valence-electron chi connectivity index (χ2n) is 10.3. The maximum Gasteiger partial charge on any atom is 0.336 e. The molecule has 0 saturated carbocycles. The number of carbonyl (C=O) groups is 3. The number of hydrogen-bond donors (Lipinski definition) is 0. The van der Waals surface area contributed by atoms with Crippen LogP contribution in [0.25, 0.3) is 0 Å². The summed E-state index contributed by atoms with van der Waals surface area (Å²) in [5.41, 5.74) is 1.35. The largest absolute Gasteiger partial charge is 0.438 e. The first kappa shape index (κ1) is 33.8. The van der Waals surface area contributed by atoms with Gasteiger partial charge in [-0.3, -0.25) is 32.8 Å². The van der Waals surface area contributed by atoms with Crippen LogP contribution in [0.15, 0.2) is 24.3 Å². The van der Waals surface area contributed by atoms with Crippen molar-refractivity contribution in [3.8, 4) is 0 Å². The van der Waals surface area contributed by atoms with Crippen LogP contribution >= 0.6 is 7.60 Å². The third-order valence-electron chi connectivity index (χ3n) is 5.43. The molecule has 1 aromatic carbocycles. The van der Waals surface area contributed by atoms with Gasteiger partial charge in [-0.05, 0) is 50.7 Å². The van der Waals surface area contributed by atoms with Crippen LogP contribution in [0.3, 0.4) is 0 Å². The Kier molecular flexibility index (Phi) is 14.8. The van der Waals surface area contributed by atoms with E-state index in [1.165, 1.54) is 17.6 Å². The monoisotopic (exact) mass is 557 g/mol. The molecule has 1 amide bonds. The zero-order valence-electron chi connectivity index (χ0n) is 23.8.